The highest BCUT2D eigenvalue weighted by atomic mass is 16.2. The molecule has 1 amide bonds. The molecule has 1 unspecified atom stereocenters. The minimum Gasteiger partial charge on any atom is -0.294 e. The summed E-state index contributed by atoms with van der Waals surface area (Å²) in [4.78, 5) is 35.1. The number of amidine groups is 1. The molecule has 1 atom stereocenters. The van der Waals surface area contributed by atoms with E-state index >= 15 is 0 Å². The fourth-order valence-corrected chi connectivity index (χ4v) is 5.70. The molecule has 1 saturated carbocycles. The van der Waals surface area contributed by atoms with Crippen LogP contribution in [0.3, 0.4) is 0 Å². The maximum atomic E-state index is 13.8. The lowest BCUT2D eigenvalue weighted by Gasteiger charge is -2.33. The zero-order chi connectivity index (χ0) is 25.1. The van der Waals surface area contributed by atoms with Gasteiger partial charge in [-0.2, -0.15) is 5.10 Å². The maximum absolute atomic E-state index is 13.8. The van der Waals surface area contributed by atoms with Crippen molar-refractivity contribution in [3.63, 3.8) is 0 Å². The van der Waals surface area contributed by atoms with Gasteiger partial charge in [0.15, 0.2) is 5.82 Å². The van der Waals surface area contributed by atoms with Crippen LogP contribution in [0, 0.1) is 5.92 Å². The highest BCUT2D eigenvalue weighted by molar-refractivity contribution is 6.08. The molecule has 7 nitrogen and oxygen atoms in total. The van der Waals surface area contributed by atoms with Crippen molar-refractivity contribution in [2.24, 2.45) is 10.9 Å². The molecule has 36 heavy (non-hydrogen) atoms. The molecule has 1 fully saturated rings. The smallest absolute Gasteiger partial charge is 0.294 e. The van der Waals surface area contributed by atoms with E-state index in [9.17, 15) is 9.59 Å². The standard InChI is InChI=1S/C29H35N5O2/c1-3-4-14-25-31-29(2,22-10-6-5-7-11-22)27(35)34(25)19-20-15-17-21(18-16-20)23-12-8-9-13-24(23)26-30-28(36)33-32-26/h8-9,12-13,15-18,22H,3-7,10-11,14,19H2,1-2H3,(H2,30,32,33,36). The first kappa shape index (κ1) is 24.2. The molecule has 1 aromatic heterocycles. The van der Waals surface area contributed by atoms with Gasteiger partial charge in [-0.3, -0.25) is 19.7 Å². The van der Waals surface area contributed by atoms with Gasteiger partial charge >= 0.3 is 5.69 Å². The number of H-pyrrole nitrogens is 2. The number of amides is 1. The Morgan fingerprint density at radius 2 is 1.72 bits per heavy atom. The van der Waals surface area contributed by atoms with Crippen molar-refractivity contribution in [1.29, 1.82) is 0 Å². The molecule has 1 aliphatic heterocycles. The summed E-state index contributed by atoms with van der Waals surface area (Å²) in [6, 6.07) is 16.2. The van der Waals surface area contributed by atoms with Gasteiger partial charge in [-0.25, -0.2) is 9.89 Å². The van der Waals surface area contributed by atoms with Gasteiger partial charge in [-0.05, 0) is 48.8 Å². The Labute approximate surface area is 212 Å². The number of hydrogen-bond donors (Lipinski definition) is 2. The number of aromatic amines is 2. The monoisotopic (exact) mass is 485 g/mol. The van der Waals surface area contributed by atoms with Crippen molar-refractivity contribution in [1.82, 2.24) is 20.1 Å². The summed E-state index contributed by atoms with van der Waals surface area (Å²) >= 11 is 0. The number of unbranched alkanes of at least 4 members (excludes halogenated alkanes) is 1. The molecule has 3 aromatic rings. The van der Waals surface area contributed by atoms with E-state index in [-0.39, 0.29) is 11.6 Å². The first-order chi connectivity index (χ1) is 17.5. The molecule has 0 bridgehead atoms. The van der Waals surface area contributed by atoms with Gasteiger partial charge < -0.3 is 0 Å². The van der Waals surface area contributed by atoms with Crippen molar-refractivity contribution >= 4 is 11.7 Å². The molecule has 0 spiro atoms. The maximum Gasteiger partial charge on any atom is 0.340 e. The lowest BCUT2D eigenvalue weighted by Crippen LogP contribution is -2.45. The van der Waals surface area contributed by atoms with E-state index in [1.807, 2.05) is 29.2 Å². The minimum absolute atomic E-state index is 0.164. The second-order valence-electron chi connectivity index (χ2n) is 10.3. The molecular weight excluding hydrogens is 450 g/mol. The number of nitrogens with zero attached hydrogens (tertiary/aromatic N) is 3. The van der Waals surface area contributed by atoms with E-state index in [4.69, 9.17) is 4.99 Å². The van der Waals surface area contributed by atoms with Gasteiger partial charge in [0.1, 0.15) is 11.4 Å². The lowest BCUT2D eigenvalue weighted by atomic mass is 9.75. The van der Waals surface area contributed by atoms with E-state index in [1.54, 1.807) is 0 Å². The molecule has 2 aliphatic rings. The normalized spacial score (nSPS) is 20.7. The molecule has 5 rings (SSSR count). The Kier molecular flexibility index (Phi) is 6.90. The average Bonchev–Trinajstić information content (AvgIpc) is 3.45. The molecular formula is C29H35N5O2. The first-order valence-electron chi connectivity index (χ1n) is 13.2. The van der Waals surface area contributed by atoms with Crippen LogP contribution in [0.15, 0.2) is 58.3 Å². The number of nitrogens with one attached hydrogen (secondary N) is 2. The molecule has 2 heterocycles. The van der Waals surface area contributed by atoms with Crippen LogP contribution in [0.1, 0.15) is 70.8 Å². The molecule has 0 radical (unpaired) electrons. The van der Waals surface area contributed by atoms with Crippen LogP contribution in [0.5, 0.6) is 0 Å². The summed E-state index contributed by atoms with van der Waals surface area (Å²) in [6.45, 7) is 4.78. The van der Waals surface area contributed by atoms with Gasteiger partial charge in [0.2, 0.25) is 0 Å². The summed E-state index contributed by atoms with van der Waals surface area (Å²) in [5.74, 6) is 1.97. The molecule has 1 aliphatic carbocycles. The van der Waals surface area contributed by atoms with Crippen molar-refractivity contribution in [2.75, 3.05) is 0 Å². The highest BCUT2D eigenvalue weighted by Gasteiger charge is 2.49. The third-order valence-electron chi connectivity index (χ3n) is 7.79. The second kappa shape index (κ2) is 10.2. The number of aliphatic imine (C=N–C) groups is 1. The summed E-state index contributed by atoms with van der Waals surface area (Å²) in [5.41, 5.74) is 3.00. The van der Waals surface area contributed by atoms with Crippen LogP contribution < -0.4 is 5.69 Å². The SMILES string of the molecule is CCCCC1=NC(C)(C2CCCCC2)C(=O)N1Cc1ccc(-c2ccccc2-c2n[nH]c(=O)[nH]2)cc1. The molecule has 2 N–H and O–H groups in total. The number of benzene rings is 2. The van der Waals surface area contributed by atoms with Gasteiger partial charge in [0.25, 0.3) is 5.91 Å². The van der Waals surface area contributed by atoms with Crippen molar-refractivity contribution in [3.05, 3.63) is 64.6 Å². The zero-order valence-corrected chi connectivity index (χ0v) is 21.2. The van der Waals surface area contributed by atoms with E-state index in [0.29, 0.717) is 18.3 Å². The van der Waals surface area contributed by atoms with E-state index in [1.165, 1.54) is 19.3 Å². The predicted molar refractivity (Wildman–Crippen MR) is 143 cm³/mol. The van der Waals surface area contributed by atoms with Crippen molar-refractivity contribution in [3.8, 4) is 22.5 Å². The number of carbonyl (C=O) groups excluding carboxylic acids is 1. The van der Waals surface area contributed by atoms with Gasteiger partial charge in [-0.1, -0.05) is 81.1 Å². The summed E-state index contributed by atoms with van der Waals surface area (Å²) in [6.07, 6.45) is 8.81. The van der Waals surface area contributed by atoms with Crippen LogP contribution in [0.25, 0.3) is 22.5 Å². The van der Waals surface area contributed by atoms with Gasteiger partial charge in [-0.15, -0.1) is 0 Å². The second-order valence-corrected chi connectivity index (χ2v) is 10.3. The van der Waals surface area contributed by atoms with Gasteiger partial charge in [0, 0.05) is 12.0 Å². The third-order valence-corrected chi connectivity index (χ3v) is 7.79. The number of aromatic nitrogens is 3. The van der Waals surface area contributed by atoms with Crippen molar-refractivity contribution in [2.45, 2.75) is 77.3 Å². The average molecular weight is 486 g/mol. The fourth-order valence-electron chi connectivity index (χ4n) is 5.70. The van der Waals surface area contributed by atoms with Crippen LogP contribution in [0.4, 0.5) is 0 Å². The Hall–Kier alpha value is -3.48. The van der Waals surface area contributed by atoms with Crippen LogP contribution in [-0.4, -0.2) is 37.4 Å². The van der Waals surface area contributed by atoms with Gasteiger partial charge in [0.05, 0.1) is 6.54 Å². The molecule has 7 heteroatoms. The first-order valence-corrected chi connectivity index (χ1v) is 13.2. The highest BCUT2D eigenvalue weighted by Crippen LogP contribution is 2.40. The summed E-state index contributed by atoms with van der Waals surface area (Å²) < 4.78 is 0. The van der Waals surface area contributed by atoms with Crippen molar-refractivity contribution < 1.29 is 4.79 Å². The lowest BCUT2D eigenvalue weighted by molar-refractivity contribution is -0.133. The Balaban J connectivity index is 1.38. The number of carbonyl (C=O) groups is 1. The number of rotatable bonds is 8. The van der Waals surface area contributed by atoms with E-state index < -0.39 is 5.54 Å². The molecule has 188 valence electrons. The van der Waals surface area contributed by atoms with Crippen LogP contribution in [0.2, 0.25) is 0 Å². The zero-order valence-electron chi connectivity index (χ0n) is 21.2. The largest absolute Gasteiger partial charge is 0.340 e. The Bertz CT molecular complexity index is 1300. The topological polar surface area (TPSA) is 94.2 Å². The third kappa shape index (κ3) is 4.66. The Morgan fingerprint density at radius 3 is 2.39 bits per heavy atom. The quantitative estimate of drug-likeness (QED) is 0.428. The summed E-state index contributed by atoms with van der Waals surface area (Å²) in [5, 5.41) is 6.54. The van der Waals surface area contributed by atoms with Crippen LogP contribution >= 0.6 is 0 Å². The van der Waals surface area contributed by atoms with Crippen LogP contribution in [-0.2, 0) is 11.3 Å². The molecule has 0 saturated heterocycles. The minimum atomic E-state index is -0.622. The Morgan fingerprint density at radius 1 is 1.00 bits per heavy atom. The number of hydrogen-bond acceptors (Lipinski definition) is 4. The summed E-state index contributed by atoms with van der Waals surface area (Å²) in [7, 11) is 0. The molecule has 2 aromatic carbocycles. The predicted octanol–water partition coefficient (Wildman–Crippen LogP) is 5.70. The fraction of sp³-hybridized carbons (Fsp3) is 0.448. The van der Waals surface area contributed by atoms with E-state index in [2.05, 4.69) is 53.3 Å². The van der Waals surface area contributed by atoms with E-state index in [0.717, 1.165) is 60.2 Å².